The van der Waals surface area contributed by atoms with Gasteiger partial charge in [0, 0.05) is 6.07 Å². The molecule has 2 aromatic carbocycles. The second-order valence-electron chi connectivity index (χ2n) is 6.17. The number of nitrogens with zero attached hydrogens (tertiary/aromatic N) is 2. The lowest BCUT2D eigenvalue weighted by molar-refractivity contribution is 0.102. The van der Waals surface area contributed by atoms with Crippen molar-refractivity contribution in [1.82, 2.24) is 10.2 Å². The summed E-state index contributed by atoms with van der Waals surface area (Å²) >= 11 is 0. The maximum atomic E-state index is 13.6. The number of aromatic nitrogens is 2. The largest absolute Gasteiger partial charge is 0.489 e. The number of anilines is 3. The van der Waals surface area contributed by atoms with Crippen molar-refractivity contribution < 1.29 is 18.3 Å². The fourth-order valence-electron chi connectivity index (χ4n) is 2.36. The Morgan fingerprint density at radius 2 is 1.79 bits per heavy atom. The summed E-state index contributed by atoms with van der Waals surface area (Å²) in [4.78, 5) is 12.2. The molecule has 2 N–H and O–H groups in total. The summed E-state index contributed by atoms with van der Waals surface area (Å²) < 4.78 is 32.3. The summed E-state index contributed by atoms with van der Waals surface area (Å²) in [5.74, 6) is -1.20. The molecular weight excluding hydrogens is 366 g/mol. The molecule has 0 aliphatic carbocycles. The van der Waals surface area contributed by atoms with Crippen LogP contribution in [-0.2, 0) is 0 Å². The number of carbonyl (C=O) groups is 1. The lowest BCUT2D eigenvalue weighted by Gasteiger charge is -2.14. The molecule has 6 nitrogen and oxygen atoms in total. The summed E-state index contributed by atoms with van der Waals surface area (Å²) in [6.07, 6.45) is 0.00645. The van der Waals surface area contributed by atoms with E-state index in [-0.39, 0.29) is 17.5 Å². The maximum Gasteiger partial charge on any atom is 0.276 e. The zero-order valence-corrected chi connectivity index (χ0v) is 15.2. The highest BCUT2D eigenvalue weighted by Crippen LogP contribution is 2.27. The van der Waals surface area contributed by atoms with Gasteiger partial charge in [0.2, 0.25) is 0 Å². The molecule has 0 bridgehead atoms. The Morgan fingerprint density at radius 1 is 1.00 bits per heavy atom. The van der Waals surface area contributed by atoms with Crippen molar-refractivity contribution in [2.24, 2.45) is 0 Å². The molecular formula is C20H18F2N4O2. The molecule has 0 unspecified atom stereocenters. The SMILES string of the molecule is CC(C)Oc1ccccc1Nc1ccc(C(=O)Nc2ccc(F)cc2F)nn1. The van der Waals surface area contributed by atoms with Crippen LogP contribution < -0.4 is 15.4 Å². The number of ether oxygens (including phenoxy) is 1. The first kappa shape index (κ1) is 19.2. The number of amides is 1. The van der Waals surface area contributed by atoms with Crippen molar-refractivity contribution in [3.05, 3.63) is 71.9 Å². The van der Waals surface area contributed by atoms with Crippen molar-refractivity contribution in [3.63, 3.8) is 0 Å². The molecule has 0 aliphatic heterocycles. The Hall–Kier alpha value is -3.55. The van der Waals surface area contributed by atoms with Gasteiger partial charge in [-0.15, -0.1) is 10.2 Å². The fraction of sp³-hybridized carbons (Fsp3) is 0.150. The third kappa shape index (κ3) is 4.79. The predicted octanol–water partition coefficient (Wildman–Crippen LogP) is 4.54. The van der Waals surface area contributed by atoms with Crippen LogP contribution in [0.3, 0.4) is 0 Å². The number of rotatable bonds is 6. The number of para-hydroxylation sites is 2. The van der Waals surface area contributed by atoms with Crippen LogP contribution >= 0.6 is 0 Å². The van der Waals surface area contributed by atoms with E-state index in [1.165, 1.54) is 6.07 Å². The van der Waals surface area contributed by atoms with Crippen molar-refractivity contribution in [2.75, 3.05) is 10.6 Å². The molecule has 1 heterocycles. The van der Waals surface area contributed by atoms with Crippen LogP contribution in [0.5, 0.6) is 5.75 Å². The van der Waals surface area contributed by atoms with Crippen LogP contribution in [0.1, 0.15) is 24.3 Å². The van der Waals surface area contributed by atoms with Gasteiger partial charge in [0.15, 0.2) is 11.5 Å². The molecule has 0 aliphatic rings. The van der Waals surface area contributed by atoms with Crippen molar-refractivity contribution >= 4 is 23.1 Å². The van der Waals surface area contributed by atoms with E-state index < -0.39 is 17.5 Å². The van der Waals surface area contributed by atoms with E-state index in [2.05, 4.69) is 20.8 Å². The van der Waals surface area contributed by atoms with Gasteiger partial charge < -0.3 is 15.4 Å². The summed E-state index contributed by atoms with van der Waals surface area (Å²) in [5, 5.41) is 13.2. The average molecular weight is 384 g/mol. The summed E-state index contributed by atoms with van der Waals surface area (Å²) in [7, 11) is 0. The standard InChI is InChI=1S/C20H18F2N4O2/c1-12(2)28-18-6-4-3-5-16(18)23-19-10-9-17(25-26-19)20(27)24-15-8-7-13(21)11-14(15)22/h3-12H,1-2H3,(H,23,26)(H,24,27). The Labute approximate surface area is 160 Å². The molecule has 0 fully saturated rings. The third-order valence-electron chi connectivity index (χ3n) is 3.59. The normalized spacial score (nSPS) is 10.6. The zero-order valence-electron chi connectivity index (χ0n) is 15.2. The van der Waals surface area contributed by atoms with Crippen LogP contribution in [0.4, 0.5) is 26.0 Å². The lowest BCUT2D eigenvalue weighted by Crippen LogP contribution is -2.15. The van der Waals surface area contributed by atoms with Gasteiger partial charge in [-0.1, -0.05) is 12.1 Å². The quantitative estimate of drug-likeness (QED) is 0.653. The topological polar surface area (TPSA) is 76.1 Å². The van der Waals surface area contributed by atoms with E-state index in [4.69, 9.17) is 4.74 Å². The Morgan fingerprint density at radius 3 is 2.46 bits per heavy atom. The zero-order chi connectivity index (χ0) is 20.1. The summed E-state index contributed by atoms with van der Waals surface area (Å²) in [5.41, 5.74) is 0.548. The van der Waals surface area contributed by atoms with Crippen LogP contribution in [0.25, 0.3) is 0 Å². The highest BCUT2D eigenvalue weighted by Gasteiger charge is 2.13. The minimum Gasteiger partial charge on any atom is -0.489 e. The highest BCUT2D eigenvalue weighted by atomic mass is 19.1. The van der Waals surface area contributed by atoms with E-state index in [0.717, 1.165) is 12.1 Å². The fourth-order valence-corrected chi connectivity index (χ4v) is 2.36. The molecule has 3 aromatic rings. The van der Waals surface area contributed by atoms with E-state index in [1.54, 1.807) is 6.07 Å². The molecule has 8 heteroatoms. The van der Waals surface area contributed by atoms with Crippen LogP contribution in [-0.4, -0.2) is 22.2 Å². The number of nitrogens with one attached hydrogen (secondary N) is 2. The Kier molecular flexibility index (Phi) is 5.78. The molecule has 3 rings (SSSR count). The third-order valence-corrected chi connectivity index (χ3v) is 3.59. The monoisotopic (exact) mass is 384 g/mol. The van der Waals surface area contributed by atoms with Crippen molar-refractivity contribution in [1.29, 1.82) is 0 Å². The summed E-state index contributed by atoms with van der Waals surface area (Å²) in [6.45, 7) is 3.85. The second kappa shape index (κ2) is 8.43. The van der Waals surface area contributed by atoms with Gasteiger partial charge in [-0.25, -0.2) is 8.78 Å². The molecule has 0 saturated heterocycles. The van der Waals surface area contributed by atoms with Crippen molar-refractivity contribution in [3.8, 4) is 5.75 Å². The second-order valence-corrected chi connectivity index (χ2v) is 6.17. The molecule has 0 saturated carbocycles. The van der Waals surface area contributed by atoms with Crippen LogP contribution in [0.15, 0.2) is 54.6 Å². The molecule has 0 spiro atoms. The van der Waals surface area contributed by atoms with E-state index in [0.29, 0.717) is 23.3 Å². The number of hydrogen-bond donors (Lipinski definition) is 2. The maximum absolute atomic E-state index is 13.6. The summed E-state index contributed by atoms with van der Waals surface area (Å²) in [6, 6.07) is 13.2. The van der Waals surface area contributed by atoms with E-state index in [9.17, 15) is 13.6 Å². The van der Waals surface area contributed by atoms with Gasteiger partial charge in [-0.05, 0) is 50.2 Å². The number of carbonyl (C=O) groups excluding carboxylic acids is 1. The van der Waals surface area contributed by atoms with Gasteiger partial charge >= 0.3 is 0 Å². The Balaban J connectivity index is 1.71. The molecule has 1 amide bonds. The van der Waals surface area contributed by atoms with Gasteiger partial charge in [0.25, 0.3) is 5.91 Å². The van der Waals surface area contributed by atoms with Crippen molar-refractivity contribution in [2.45, 2.75) is 20.0 Å². The molecule has 28 heavy (non-hydrogen) atoms. The predicted molar refractivity (Wildman–Crippen MR) is 102 cm³/mol. The minimum absolute atomic E-state index is 0.00645. The first-order chi connectivity index (χ1) is 13.4. The van der Waals surface area contributed by atoms with E-state index in [1.807, 2.05) is 38.1 Å². The molecule has 144 valence electrons. The minimum atomic E-state index is -0.874. The molecule has 1 aromatic heterocycles. The van der Waals surface area contributed by atoms with Gasteiger partial charge in [0.05, 0.1) is 17.5 Å². The molecule has 0 radical (unpaired) electrons. The first-order valence-electron chi connectivity index (χ1n) is 8.55. The molecule has 0 atom stereocenters. The average Bonchev–Trinajstić information content (AvgIpc) is 2.66. The smallest absolute Gasteiger partial charge is 0.276 e. The lowest BCUT2D eigenvalue weighted by atomic mass is 10.2. The van der Waals surface area contributed by atoms with Crippen LogP contribution in [0, 0.1) is 11.6 Å². The first-order valence-corrected chi connectivity index (χ1v) is 8.55. The Bertz CT molecular complexity index is 978. The number of benzene rings is 2. The van der Waals surface area contributed by atoms with Crippen LogP contribution in [0.2, 0.25) is 0 Å². The van der Waals surface area contributed by atoms with E-state index >= 15 is 0 Å². The van der Waals surface area contributed by atoms with Gasteiger partial charge in [0.1, 0.15) is 17.4 Å². The number of halogens is 2. The van der Waals surface area contributed by atoms with Gasteiger partial charge in [-0.3, -0.25) is 4.79 Å². The number of hydrogen-bond acceptors (Lipinski definition) is 5. The van der Waals surface area contributed by atoms with Gasteiger partial charge in [-0.2, -0.15) is 0 Å². The highest BCUT2D eigenvalue weighted by molar-refractivity contribution is 6.02.